The summed E-state index contributed by atoms with van der Waals surface area (Å²) in [7, 11) is 2.11. The molecule has 0 amide bonds. The summed E-state index contributed by atoms with van der Waals surface area (Å²) in [6, 6.07) is 8.59. The predicted molar refractivity (Wildman–Crippen MR) is 98.1 cm³/mol. The van der Waals surface area contributed by atoms with Gasteiger partial charge in [-0.25, -0.2) is 0 Å². The van der Waals surface area contributed by atoms with E-state index in [9.17, 15) is 0 Å². The number of para-hydroxylation sites is 1. The van der Waals surface area contributed by atoms with E-state index < -0.39 is 0 Å². The number of unbranched alkanes of at least 4 members (excludes halogenated alkanes) is 3. The van der Waals surface area contributed by atoms with Crippen molar-refractivity contribution in [1.82, 2.24) is 4.57 Å². The molecule has 0 spiro atoms. The van der Waals surface area contributed by atoms with Gasteiger partial charge in [-0.05, 0) is 43.4 Å². The standard InChI is InChI=1S/C21H29N/c1-4-6-8-12-18(11-7-5-2)15-16-19-17-22(3)21-14-10-9-13-20(19)21/h9-10,13-14,16-17H,4-8,11-12H2,1-3H3. The van der Waals surface area contributed by atoms with Crippen LogP contribution in [0.3, 0.4) is 0 Å². The van der Waals surface area contributed by atoms with Crippen LogP contribution >= 0.6 is 0 Å². The van der Waals surface area contributed by atoms with Gasteiger partial charge in [-0.3, -0.25) is 0 Å². The highest BCUT2D eigenvalue weighted by atomic mass is 14.9. The minimum Gasteiger partial charge on any atom is -0.350 e. The Bertz CT molecular complexity index is 654. The third-order valence-electron chi connectivity index (χ3n) is 4.27. The maximum atomic E-state index is 3.61. The number of aromatic nitrogens is 1. The van der Waals surface area contributed by atoms with E-state index in [4.69, 9.17) is 0 Å². The lowest BCUT2D eigenvalue weighted by atomic mass is 10.0. The van der Waals surface area contributed by atoms with Crippen molar-refractivity contribution in [2.75, 3.05) is 0 Å². The Hall–Kier alpha value is -1.72. The monoisotopic (exact) mass is 295 g/mol. The van der Waals surface area contributed by atoms with Crippen LogP contribution in [0.4, 0.5) is 0 Å². The Morgan fingerprint density at radius 1 is 1.05 bits per heavy atom. The Morgan fingerprint density at radius 2 is 1.77 bits per heavy atom. The lowest BCUT2D eigenvalue weighted by molar-refractivity contribution is 0.679. The highest BCUT2D eigenvalue weighted by Crippen LogP contribution is 2.22. The molecule has 0 bridgehead atoms. The van der Waals surface area contributed by atoms with Gasteiger partial charge in [-0.1, -0.05) is 51.3 Å². The molecular weight excluding hydrogens is 266 g/mol. The van der Waals surface area contributed by atoms with Crippen molar-refractivity contribution in [1.29, 1.82) is 0 Å². The van der Waals surface area contributed by atoms with E-state index in [0.29, 0.717) is 0 Å². The number of nitrogens with zero attached hydrogens (tertiary/aromatic N) is 1. The molecule has 118 valence electrons. The smallest absolute Gasteiger partial charge is 0.0484 e. The first-order chi connectivity index (χ1) is 10.8. The van der Waals surface area contributed by atoms with Crippen molar-refractivity contribution in [3.63, 3.8) is 0 Å². The predicted octanol–water partition coefficient (Wildman–Crippen LogP) is 6.49. The van der Waals surface area contributed by atoms with Crippen LogP contribution in [0.15, 0.2) is 41.8 Å². The zero-order valence-corrected chi connectivity index (χ0v) is 14.4. The van der Waals surface area contributed by atoms with Gasteiger partial charge in [-0.15, -0.1) is 5.73 Å². The maximum Gasteiger partial charge on any atom is 0.0484 e. The summed E-state index contributed by atoms with van der Waals surface area (Å²) in [5.74, 6) is 0. The molecule has 0 fully saturated rings. The number of rotatable bonds is 8. The van der Waals surface area contributed by atoms with Crippen LogP contribution in [0.25, 0.3) is 17.0 Å². The van der Waals surface area contributed by atoms with Crippen LogP contribution in [0, 0.1) is 0 Å². The number of benzene rings is 1. The number of fused-ring (bicyclic) bond motifs is 1. The summed E-state index contributed by atoms with van der Waals surface area (Å²) in [5.41, 5.74) is 7.67. The van der Waals surface area contributed by atoms with Crippen LogP contribution in [0.5, 0.6) is 0 Å². The first kappa shape index (κ1) is 16.6. The molecular formula is C21H29N. The average molecular weight is 295 g/mol. The molecule has 1 nitrogen and oxygen atoms in total. The third kappa shape index (κ3) is 4.39. The van der Waals surface area contributed by atoms with Crippen LogP contribution in [-0.2, 0) is 7.05 Å². The Balaban J connectivity index is 2.25. The van der Waals surface area contributed by atoms with E-state index in [1.54, 1.807) is 0 Å². The largest absolute Gasteiger partial charge is 0.350 e. The molecule has 2 aromatic rings. The zero-order valence-electron chi connectivity index (χ0n) is 14.4. The SMILES string of the molecule is CCCCCC(=C=Cc1cn(C)c2ccccc12)CCCC. The van der Waals surface area contributed by atoms with Crippen molar-refractivity contribution in [2.24, 2.45) is 7.05 Å². The molecule has 0 atom stereocenters. The fourth-order valence-corrected chi connectivity index (χ4v) is 2.92. The third-order valence-corrected chi connectivity index (χ3v) is 4.27. The van der Waals surface area contributed by atoms with Crippen LogP contribution in [0.2, 0.25) is 0 Å². The summed E-state index contributed by atoms with van der Waals surface area (Å²) in [4.78, 5) is 0. The zero-order chi connectivity index (χ0) is 15.8. The Morgan fingerprint density at radius 3 is 2.55 bits per heavy atom. The maximum absolute atomic E-state index is 3.61. The molecule has 0 aliphatic heterocycles. The van der Waals surface area contributed by atoms with E-state index in [-0.39, 0.29) is 0 Å². The van der Waals surface area contributed by atoms with E-state index in [0.717, 1.165) is 0 Å². The summed E-state index contributed by atoms with van der Waals surface area (Å²) in [6.07, 6.45) is 13.2. The fraction of sp³-hybridized carbons (Fsp3) is 0.476. The van der Waals surface area contributed by atoms with Crippen molar-refractivity contribution >= 4 is 17.0 Å². The van der Waals surface area contributed by atoms with Gasteiger partial charge in [0, 0.05) is 29.7 Å². The van der Waals surface area contributed by atoms with E-state index >= 15 is 0 Å². The number of allylic oxidation sites excluding steroid dienone is 1. The van der Waals surface area contributed by atoms with Crippen molar-refractivity contribution in [3.8, 4) is 0 Å². The molecule has 0 saturated heterocycles. The topological polar surface area (TPSA) is 4.93 Å². The summed E-state index contributed by atoms with van der Waals surface area (Å²) < 4.78 is 2.20. The molecule has 22 heavy (non-hydrogen) atoms. The van der Waals surface area contributed by atoms with Crippen molar-refractivity contribution in [3.05, 3.63) is 47.3 Å². The molecule has 0 saturated carbocycles. The highest BCUT2D eigenvalue weighted by Gasteiger charge is 2.02. The minimum atomic E-state index is 1.20. The molecule has 1 heterocycles. The van der Waals surface area contributed by atoms with Crippen LogP contribution in [0.1, 0.15) is 64.4 Å². The van der Waals surface area contributed by atoms with Gasteiger partial charge in [0.15, 0.2) is 0 Å². The van der Waals surface area contributed by atoms with Gasteiger partial charge < -0.3 is 4.57 Å². The second kappa shape index (κ2) is 8.66. The van der Waals surface area contributed by atoms with Gasteiger partial charge in [0.05, 0.1) is 0 Å². The summed E-state index contributed by atoms with van der Waals surface area (Å²) in [5, 5.41) is 1.32. The number of aryl methyl sites for hydroxylation is 1. The van der Waals surface area contributed by atoms with Crippen LogP contribution < -0.4 is 0 Å². The van der Waals surface area contributed by atoms with Crippen molar-refractivity contribution in [2.45, 2.75) is 58.8 Å². The second-order valence-corrected chi connectivity index (χ2v) is 6.17. The van der Waals surface area contributed by atoms with Gasteiger partial charge >= 0.3 is 0 Å². The van der Waals surface area contributed by atoms with E-state index in [1.807, 2.05) is 0 Å². The summed E-state index contributed by atoms with van der Waals surface area (Å²) >= 11 is 0. The first-order valence-electron chi connectivity index (χ1n) is 8.74. The highest BCUT2D eigenvalue weighted by molar-refractivity contribution is 5.89. The van der Waals surface area contributed by atoms with Crippen molar-refractivity contribution < 1.29 is 0 Å². The normalized spacial score (nSPS) is 10.7. The molecule has 2 rings (SSSR count). The first-order valence-corrected chi connectivity index (χ1v) is 8.74. The lowest BCUT2D eigenvalue weighted by Gasteiger charge is -2.03. The second-order valence-electron chi connectivity index (χ2n) is 6.17. The molecule has 0 unspecified atom stereocenters. The molecule has 0 radical (unpaired) electrons. The fourth-order valence-electron chi connectivity index (χ4n) is 2.92. The number of hydrogen-bond acceptors (Lipinski definition) is 0. The van der Waals surface area contributed by atoms with E-state index in [2.05, 4.69) is 67.7 Å². The molecule has 0 aliphatic carbocycles. The summed E-state index contributed by atoms with van der Waals surface area (Å²) in [6.45, 7) is 4.53. The van der Waals surface area contributed by atoms with Crippen LogP contribution in [-0.4, -0.2) is 4.57 Å². The molecule has 1 aromatic carbocycles. The molecule has 0 aliphatic rings. The number of hydrogen-bond donors (Lipinski definition) is 0. The molecule has 1 heteroatoms. The molecule has 1 aromatic heterocycles. The van der Waals surface area contributed by atoms with E-state index in [1.165, 1.54) is 67.0 Å². The van der Waals surface area contributed by atoms with Gasteiger partial charge in [0.2, 0.25) is 0 Å². The average Bonchev–Trinajstić information content (AvgIpc) is 2.86. The minimum absolute atomic E-state index is 1.20. The Kier molecular flexibility index (Phi) is 6.55. The molecule has 0 N–H and O–H groups in total. The van der Waals surface area contributed by atoms with Gasteiger partial charge in [-0.2, -0.15) is 0 Å². The van der Waals surface area contributed by atoms with Gasteiger partial charge in [0.1, 0.15) is 0 Å². The Labute approximate surface area is 135 Å². The van der Waals surface area contributed by atoms with Gasteiger partial charge in [0.25, 0.3) is 0 Å². The quantitative estimate of drug-likeness (QED) is 0.387. The lowest BCUT2D eigenvalue weighted by Crippen LogP contribution is -1.84.